The van der Waals surface area contributed by atoms with Crippen molar-refractivity contribution in [2.45, 2.75) is 50.6 Å². The second-order valence-electron chi connectivity index (χ2n) is 10.9. The van der Waals surface area contributed by atoms with Crippen LogP contribution in [0.15, 0.2) is 54.7 Å². The zero-order valence-electron chi connectivity index (χ0n) is 21.8. The fourth-order valence-corrected chi connectivity index (χ4v) is 5.70. The van der Waals surface area contributed by atoms with Crippen molar-refractivity contribution >= 4 is 40.9 Å². The van der Waals surface area contributed by atoms with E-state index in [1.54, 1.807) is 0 Å². The van der Waals surface area contributed by atoms with E-state index in [0.717, 1.165) is 12.3 Å². The Morgan fingerprint density at radius 1 is 1.18 bits per heavy atom. The number of anilines is 1. The molecule has 4 atom stereocenters. The van der Waals surface area contributed by atoms with E-state index in [1.165, 1.54) is 42.5 Å². The highest BCUT2D eigenvalue weighted by molar-refractivity contribution is 6.31. The molecule has 2 heterocycles. The molecule has 0 bridgehead atoms. The second kappa shape index (κ2) is 11.1. The van der Waals surface area contributed by atoms with Crippen molar-refractivity contribution in [2.75, 3.05) is 5.32 Å². The first-order chi connectivity index (χ1) is 18.8. The van der Waals surface area contributed by atoms with Crippen LogP contribution >= 0.6 is 23.2 Å². The zero-order valence-corrected chi connectivity index (χ0v) is 23.3. The molecule has 1 aliphatic rings. The number of carboxylic acids is 1. The largest absolute Gasteiger partial charge is 0.478 e. The molecule has 0 spiro atoms. The van der Waals surface area contributed by atoms with Crippen LogP contribution in [0.5, 0.6) is 0 Å². The van der Waals surface area contributed by atoms with Crippen LogP contribution in [0.3, 0.4) is 0 Å². The lowest BCUT2D eigenvalue weighted by atomic mass is 9.62. The van der Waals surface area contributed by atoms with Crippen LogP contribution in [0.25, 0.3) is 0 Å². The van der Waals surface area contributed by atoms with E-state index in [2.05, 4.69) is 21.7 Å². The van der Waals surface area contributed by atoms with Crippen LogP contribution in [0.1, 0.15) is 54.6 Å². The van der Waals surface area contributed by atoms with Crippen molar-refractivity contribution in [3.05, 3.63) is 93.1 Å². The Bertz CT molecular complexity index is 1500. The van der Waals surface area contributed by atoms with Gasteiger partial charge < -0.3 is 15.7 Å². The lowest BCUT2D eigenvalue weighted by molar-refractivity contribution is -0.118. The summed E-state index contributed by atoms with van der Waals surface area (Å²) in [6.07, 6.45) is 1.40. The number of hydrogen-bond donors (Lipinski definition) is 3. The van der Waals surface area contributed by atoms with Gasteiger partial charge >= 0.3 is 5.97 Å². The molecular formula is C29H26Cl2F2N4O3. The van der Waals surface area contributed by atoms with Crippen LogP contribution in [0.2, 0.25) is 10.0 Å². The number of aromatic nitrogens is 1. The Balaban J connectivity index is 1.92. The first-order valence-corrected chi connectivity index (χ1v) is 13.1. The molecule has 0 saturated carbocycles. The summed E-state index contributed by atoms with van der Waals surface area (Å²) in [5.41, 5.74) is -2.32. The summed E-state index contributed by atoms with van der Waals surface area (Å²) in [5, 5.41) is 25.7. The van der Waals surface area contributed by atoms with Crippen LogP contribution in [0, 0.1) is 28.4 Å². The van der Waals surface area contributed by atoms with Crippen LogP contribution < -0.4 is 10.6 Å². The monoisotopic (exact) mass is 586 g/mol. The third-order valence-corrected chi connectivity index (χ3v) is 7.52. The van der Waals surface area contributed by atoms with Crippen molar-refractivity contribution in [3.8, 4) is 6.07 Å². The van der Waals surface area contributed by atoms with Gasteiger partial charge in [-0.2, -0.15) is 5.26 Å². The first-order valence-electron chi connectivity index (χ1n) is 12.4. The van der Waals surface area contributed by atoms with Gasteiger partial charge in [0.25, 0.3) is 0 Å². The molecule has 7 nitrogen and oxygen atoms in total. The molecule has 4 unspecified atom stereocenters. The molecule has 3 N–H and O–H groups in total. The Morgan fingerprint density at radius 2 is 1.90 bits per heavy atom. The summed E-state index contributed by atoms with van der Waals surface area (Å²) < 4.78 is 31.3. The average molecular weight is 587 g/mol. The SMILES string of the molecule is CC(C)(C)CC1NC(C(=O)Nc2ccc(C(=O)O)cn2)C(c2cccc(Cl)c2F)C1(C#N)c1ccc(Cl)cc1F. The van der Waals surface area contributed by atoms with Crippen LogP contribution in [0.4, 0.5) is 14.6 Å². The predicted molar refractivity (Wildman–Crippen MR) is 147 cm³/mol. The number of hydrogen-bond acceptors (Lipinski definition) is 5. The summed E-state index contributed by atoms with van der Waals surface area (Å²) in [5.74, 6) is -4.66. The van der Waals surface area contributed by atoms with E-state index in [-0.39, 0.29) is 38.0 Å². The molecule has 1 fully saturated rings. The molecule has 2 aromatic carbocycles. The maximum atomic E-state index is 15.7. The molecule has 208 valence electrons. The Labute approximate surface area is 240 Å². The first kappa shape index (κ1) is 29.4. The molecule has 1 aromatic heterocycles. The number of amides is 1. The zero-order chi connectivity index (χ0) is 29.4. The number of nitrogens with one attached hydrogen (secondary N) is 2. The summed E-state index contributed by atoms with van der Waals surface area (Å²) in [6.45, 7) is 5.81. The van der Waals surface area contributed by atoms with Crippen molar-refractivity contribution in [1.29, 1.82) is 5.26 Å². The van der Waals surface area contributed by atoms with E-state index >= 15 is 8.78 Å². The lowest BCUT2D eigenvalue weighted by Gasteiger charge is -2.37. The number of carboxylic acid groups (broad SMARTS) is 1. The lowest BCUT2D eigenvalue weighted by Crippen LogP contribution is -2.45. The third-order valence-electron chi connectivity index (χ3n) is 6.99. The van der Waals surface area contributed by atoms with Gasteiger partial charge in [0, 0.05) is 28.7 Å². The minimum atomic E-state index is -1.77. The van der Waals surface area contributed by atoms with Gasteiger partial charge in [-0.15, -0.1) is 0 Å². The van der Waals surface area contributed by atoms with Gasteiger partial charge in [0.1, 0.15) is 22.9 Å². The molecule has 11 heteroatoms. The van der Waals surface area contributed by atoms with Gasteiger partial charge in [-0.1, -0.05) is 62.2 Å². The number of aromatic carboxylic acids is 1. The molecule has 1 saturated heterocycles. The normalized spacial score (nSPS) is 22.5. The Morgan fingerprint density at radius 3 is 2.48 bits per heavy atom. The number of pyridine rings is 1. The maximum Gasteiger partial charge on any atom is 0.337 e. The van der Waals surface area contributed by atoms with Crippen molar-refractivity contribution in [1.82, 2.24) is 10.3 Å². The molecule has 3 aromatic rings. The highest BCUT2D eigenvalue weighted by Gasteiger charge is 2.61. The summed E-state index contributed by atoms with van der Waals surface area (Å²) in [6, 6.07) is 11.0. The Kier molecular flexibility index (Phi) is 8.18. The summed E-state index contributed by atoms with van der Waals surface area (Å²) in [7, 11) is 0. The minimum absolute atomic E-state index is 0.0373. The fraction of sp³-hybridized carbons (Fsp3) is 0.310. The molecule has 40 heavy (non-hydrogen) atoms. The molecule has 4 rings (SSSR count). The number of nitriles is 1. The van der Waals surface area contributed by atoms with Crippen molar-refractivity contribution in [3.63, 3.8) is 0 Å². The topological polar surface area (TPSA) is 115 Å². The Hall–Kier alpha value is -3.58. The van der Waals surface area contributed by atoms with Gasteiger partial charge in [0.2, 0.25) is 5.91 Å². The maximum absolute atomic E-state index is 15.7. The second-order valence-corrected chi connectivity index (χ2v) is 11.8. The van der Waals surface area contributed by atoms with Crippen LogP contribution in [-0.2, 0) is 10.2 Å². The smallest absolute Gasteiger partial charge is 0.337 e. The predicted octanol–water partition coefficient (Wildman–Crippen LogP) is 6.33. The summed E-state index contributed by atoms with van der Waals surface area (Å²) >= 11 is 12.2. The molecule has 0 radical (unpaired) electrons. The molecule has 1 amide bonds. The number of carbonyl (C=O) groups excluding carboxylic acids is 1. The number of nitrogens with zero attached hydrogens (tertiary/aromatic N) is 2. The van der Waals surface area contributed by atoms with E-state index in [0.29, 0.717) is 6.42 Å². The molecule has 0 aliphatic carbocycles. The van der Waals surface area contributed by atoms with E-state index < -0.39 is 46.9 Å². The highest BCUT2D eigenvalue weighted by Crippen LogP contribution is 2.52. The van der Waals surface area contributed by atoms with E-state index in [4.69, 9.17) is 28.3 Å². The average Bonchev–Trinajstić information content (AvgIpc) is 3.19. The number of carbonyl (C=O) groups is 2. The van der Waals surface area contributed by atoms with E-state index in [1.807, 2.05) is 20.8 Å². The standard InChI is InChI=1S/C29H26Cl2F2N4O3/c1-28(2,3)12-21-29(14-34,18-9-8-16(30)11-20(18)32)23(17-5-4-6-19(31)24(17)33)25(36-21)26(38)37-22-10-7-15(13-35-22)27(39)40/h4-11,13,21,23,25,36H,12H2,1-3H3,(H,39,40)(H,35,37,38). The molecule has 1 aliphatic heterocycles. The third kappa shape index (κ3) is 5.52. The quantitative estimate of drug-likeness (QED) is 0.311. The van der Waals surface area contributed by atoms with Gasteiger partial charge in [-0.05, 0) is 47.7 Å². The van der Waals surface area contributed by atoms with Crippen molar-refractivity contribution < 1.29 is 23.5 Å². The van der Waals surface area contributed by atoms with Gasteiger partial charge in [-0.25, -0.2) is 18.6 Å². The minimum Gasteiger partial charge on any atom is -0.478 e. The fourth-order valence-electron chi connectivity index (χ4n) is 5.36. The van der Waals surface area contributed by atoms with Gasteiger partial charge in [-0.3, -0.25) is 4.79 Å². The number of benzene rings is 2. The number of rotatable bonds is 6. The molecular weight excluding hydrogens is 561 g/mol. The van der Waals surface area contributed by atoms with E-state index in [9.17, 15) is 14.9 Å². The summed E-state index contributed by atoms with van der Waals surface area (Å²) in [4.78, 5) is 29.0. The van der Waals surface area contributed by atoms with Crippen LogP contribution in [-0.4, -0.2) is 34.1 Å². The van der Waals surface area contributed by atoms with Gasteiger partial charge in [0.15, 0.2) is 0 Å². The number of halogens is 4. The highest BCUT2D eigenvalue weighted by atomic mass is 35.5. The van der Waals surface area contributed by atoms with Gasteiger partial charge in [0.05, 0.1) is 22.7 Å². The van der Waals surface area contributed by atoms with Crippen molar-refractivity contribution in [2.24, 2.45) is 5.41 Å².